The van der Waals surface area contributed by atoms with Gasteiger partial charge < -0.3 is 18.9 Å². The minimum atomic E-state index is -1.08. The van der Waals surface area contributed by atoms with Crippen LogP contribution in [0.1, 0.15) is 47.0 Å². The Balaban J connectivity index is 1.84. The van der Waals surface area contributed by atoms with Gasteiger partial charge in [0.2, 0.25) is 0 Å². The Labute approximate surface area is 170 Å². The molecule has 0 aliphatic carbocycles. The van der Waals surface area contributed by atoms with Crippen molar-refractivity contribution in [2.45, 2.75) is 32.5 Å². The minimum Gasteiger partial charge on any atom is -0.496 e. The van der Waals surface area contributed by atoms with Gasteiger partial charge in [-0.3, -0.25) is 0 Å². The Morgan fingerprint density at radius 1 is 1.14 bits per heavy atom. The Bertz CT molecular complexity index is 923. The van der Waals surface area contributed by atoms with E-state index in [1.807, 2.05) is 32.9 Å². The maximum Gasteiger partial charge on any atom is 0.338 e. The maximum atomic E-state index is 13.8. The second-order valence-electron chi connectivity index (χ2n) is 7.39. The quantitative estimate of drug-likeness (QED) is 0.635. The summed E-state index contributed by atoms with van der Waals surface area (Å²) in [5.74, 6) is 1.14. The highest BCUT2D eigenvalue weighted by atomic mass is 18.2. The first-order valence-electron chi connectivity index (χ1n) is 9.29. The Kier molecular flexibility index (Phi) is 5.82. The fourth-order valence-electron chi connectivity index (χ4n) is 3.18. The number of rotatable bonds is 6. The molecule has 0 radical (unpaired) electrons. The van der Waals surface area contributed by atoms with Crippen molar-refractivity contribution < 1.29 is 28.1 Å². The van der Waals surface area contributed by atoms with Gasteiger partial charge in [-0.15, -0.1) is 0 Å². The molecule has 0 spiro atoms. The second-order valence-corrected chi connectivity index (χ2v) is 7.39. The van der Waals surface area contributed by atoms with Gasteiger partial charge in [-0.05, 0) is 57.2 Å². The normalized spacial score (nSPS) is 15.1. The highest BCUT2D eigenvalue weighted by Crippen LogP contribution is 2.35. The average molecular weight is 399 g/mol. The first kappa shape index (κ1) is 20.7. The molecule has 1 aliphatic rings. The predicted molar refractivity (Wildman–Crippen MR) is 109 cm³/mol. The van der Waals surface area contributed by atoms with Crippen molar-refractivity contribution in [1.29, 1.82) is 0 Å². The van der Waals surface area contributed by atoms with Crippen molar-refractivity contribution in [1.82, 2.24) is 0 Å². The second kappa shape index (κ2) is 8.15. The van der Waals surface area contributed by atoms with E-state index in [0.717, 1.165) is 11.1 Å². The third-order valence-electron chi connectivity index (χ3n) is 4.82. The van der Waals surface area contributed by atoms with E-state index in [0.29, 0.717) is 28.4 Å². The summed E-state index contributed by atoms with van der Waals surface area (Å²) in [5, 5.41) is 0. The number of carbonyl (C=O) groups is 1. The Morgan fingerprint density at radius 2 is 1.79 bits per heavy atom. The molecule has 0 saturated carbocycles. The summed E-state index contributed by atoms with van der Waals surface area (Å²) in [4.78, 5) is 12.7. The topological polar surface area (TPSA) is 54.0 Å². The Morgan fingerprint density at radius 3 is 2.38 bits per heavy atom. The lowest BCUT2D eigenvalue weighted by molar-refractivity contribution is 0.0233. The molecule has 0 aromatic heterocycles. The van der Waals surface area contributed by atoms with Crippen molar-refractivity contribution >= 4 is 12.0 Å². The average Bonchev–Trinajstić information content (AvgIpc) is 2.71. The molecule has 2 aromatic carbocycles. The SMILES string of the molecule is COc1cc(C(C[18F])OC(=O)c2ccc3c(c2)C=CC(C)(C)O3)cc(OC)c1C. The van der Waals surface area contributed by atoms with Crippen LogP contribution in [-0.4, -0.2) is 32.5 Å². The summed E-state index contributed by atoms with van der Waals surface area (Å²) in [6.45, 7) is 4.86. The van der Waals surface area contributed by atoms with Crippen LogP contribution in [-0.2, 0) is 4.74 Å². The summed E-state index contributed by atoms with van der Waals surface area (Å²) >= 11 is 0. The molecule has 0 N–H and O–H groups in total. The van der Waals surface area contributed by atoms with E-state index in [1.165, 1.54) is 14.2 Å². The van der Waals surface area contributed by atoms with E-state index in [-0.39, 0.29) is 0 Å². The molecule has 1 aliphatic heterocycles. The van der Waals surface area contributed by atoms with Crippen molar-refractivity contribution in [3.05, 3.63) is 58.7 Å². The molecule has 5 nitrogen and oxygen atoms in total. The van der Waals surface area contributed by atoms with Gasteiger partial charge in [0.1, 0.15) is 29.5 Å². The molecule has 1 heterocycles. The van der Waals surface area contributed by atoms with Gasteiger partial charge in [-0.1, -0.05) is 6.08 Å². The molecular formula is C23H25FO5. The van der Waals surface area contributed by atoms with E-state index in [1.54, 1.807) is 30.3 Å². The van der Waals surface area contributed by atoms with Crippen LogP contribution in [0.5, 0.6) is 17.2 Å². The molecule has 0 fully saturated rings. The van der Waals surface area contributed by atoms with Gasteiger partial charge >= 0.3 is 5.97 Å². The summed E-state index contributed by atoms with van der Waals surface area (Å²) in [5.41, 5.74) is 1.93. The fraction of sp³-hybridized carbons (Fsp3) is 0.348. The largest absolute Gasteiger partial charge is 0.496 e. The lowest BCUT2D eigenvalue weighted by Gasteiger charge is -2.28. The van der Waals surface area contributed by atoms with Crippen LogP contribution in [0.2, 0.25) is 0 Å². The van der Waals surface area contributed by atoms with Gasteiger partial charge in [0.25, 0.3) is 0 Å². The third-order valence-corrected chi connectivity index (χ3v) is 4.82. The molecule has 1 unspecified atom stereocenters. The van der Waals surface area contributed by atoms with Crippen LogP contribution in [0.15, 0.2) is 36.4 Å². The van der Waals surface area contributed by atoms with Crippen LogP contribution in [0.25, 0.3) is 6.08 Å². The van der Waals surface area contributed by atoms with Crippen LogP contribution >= 0.6 is 0 Å². The monoisotopic (exact) mass is 399 g/mol. The van der Waals surface area contributed by atoms with Gasteiger partial charge in [-0.25, -0.2) is 9.18 Å². The molecule has 2 aromatic rings. The zero-order valence-electron chi connectivity index (χ0n) is 17.2. The predicted octanol–water partition coefficient (Wildman–Crippen LogP) is 5.06. The number of benzene rings is 2. The molecule has 29 heavy (non-hydrogen) atoms. The lowest BCUT2D eigenvalue weighted by Crippen LogP contribution is -2.27. The number of methoxy groups -OCH3 is 2. The smallest absolute Gasteiger partial charge is 0.338 e. The minimum absolute atomic E-state index is 0.321. The number of halogens is 1. The number of hydrogen-bond acceptors (Lipinski definition) is 5. The summed E-state index contributed by atoms with van der Waals surface area (Å²) in [6, 6.07) is 8.32. The van der Waals surface area contributed by atoms with Crippen molar-refractivity contribution in [3.63, 3.8) is 0 Å². The molecule has 3 rings (SSSR count). The van der Waals surface area contributed by atoms with Crippen LogP contribution in [0.3, 0.4) is 0 Å². The van der Waals surface area contributed by atoms with Gasteiger partial charge in [0, 0.05) is 16.7 Å². The summed E-state index contributed by atoms with van der Waals surface area (Å²) < 4.78 is 35.7. The highest BCUT2D eigenvalue weighted by molar-refractivity contribution is 5.91. The summed E-state index contributed by atoms with van der Waals surface area (Å²) in [6.07, 6.45) is 2.74. The van der Waals surface area contributed by atoms with E-state index in [9.17, 15) is 9.18 Å². The number of carbonyl (C=O) groups excluding carboxylic acids is 1. The summed E-state index contributed by atoms with van der Waals surface area (Å²) in [7, 11) is 3.04. The lowest BCUT2D eigenvalue weighted by atomic mass is 10.0. The number of fused-ring (bicyclic) bond motifs is 1. The fourth-order valence-corrected chi connectivity index (χ4v) is 3.18. The number of alkyl halides is 1. The van der Waals surface area contributed by atoms with Crippen LogP contribution in [0.4, 0.5) is 4.39 Å². The number of esters is 1. The number of ether oxygens (including phenoxy) is 4. The third kappa shape index (κ3) is 4.36. The standard InChI is InChI=1S/C23H25FO5/c1-14-19(26-4)11-17(12-20(14)27-5)21(13-24)28-22(25)16-6-7-18-15(10-16)8-9-23(2,3)29-18/h6-12,21H,13H2,1-5H3/i24-1. The Hall–Kier alpha value is -3.02. The molecule has 0 amide bonds. The van der Waals surface area contributed by atoms with Gasteiger partial charge in [-0.2, -0.15) is 0 Å². The van der Waals surface area contributed by atoms with E-state index in [2.05, 4.69) is 0 Å². The highest BCUT2D eigenvalue weighted by Gasteiger charge is 2.24. The van der Waals surface area contributed by atoms with E-state index < -0.39 is 24.3 Å². The van der Waals surface area contributed by atoms with E-state index in [4.69, 9.17) is 18.9 Å². The molecule has 0 saturated heterocycles. The van der Waals surface area contributed by atoms with Crippen LogP contribution < -0.4 is 14.2 Å². The van der Waals surface area contributed by atoms with Crippen LogP contribution in [0, 0.1) is 6.92 Å². The van der Waals surface area contributed by atoms with Gasteiger partial charge in [0.05, 0.1) is 19.8 Å². The van der Waals surface area contributed by atoms with E-state index >= 15 is 0 Å². The first-order valence-corrected chi connectivity index (χ1v) is 9.29. The molecule has 6 heteroatoms. The van der Waals surface area contributed by atoms with Gasteiger partial charge in [0.15, 0.2) is 6.10 Å². The first-order chi connectivity index (χ1) is 13.8. The van der Waals surface area contributed by atoms with Crippen molar-refractivity contribution in [2.75, 3.05) is 20.9 Å². The molecule has 154 valence electrons. The molecule has 0 bridgehead atoms. The molecular weight excluding hydrogens is 374 g/mol. The number of hydrogen-bond donors (Lipinski definition) is 0. The zero-order valence-corrected chi connectivity index (χ0v) is 17.2. The molecule has 1 atom stereocenters. The van der Waals surface area contributed by atoms with Crippen molar-refractivity contribution in [3.8, 4) is 17.2 Å². The zero-order chi connectivity index (χ0) is 21.2. The maximum absolute atomic E-state index is 13.8. The van der Waals surface area contributed by atoms with Crippen molar-refractivity contribution in [2.24, 2.45) is 0 Å².